The standard InChI is InChI=1S/C40H54FN3O4/c1-27-24-31(14-17-33(27)41)26-43-20-10-8-9-11-23-47-40(7)18-21-44(22-19-40)36-34(32-15-12-30(25-43)13-16-32)28(2)42-29(3)35(36)37(38(45)46)48-39(4,5)6/h12-17,24,37H,8-11,18-23,25-26H2,1-7H3,(H,45,46). The topological polar surface area (TPSA) is 75.1 Å². The van der Waals surface area contributed by atoms with E-state index in [1.165, 1.54) is 5.56 Å². The number of aromatic nitrogens is 1. The van der Waals surface area contributed by atoms with Crippen LogP contribution < -0.4 is 4.90 Å². The maximum absolute atomic E-state index is 14.0. The minimum atomic E-state index is -1.17. The van der Waals surface area contributed by atoms with Crippen LogP contribution in [0, 0.1) is 26.6 Å². The predicted octanol–water partition coefficient (Wildman–Crippen LogP) is 8.71. The van der Waals surface area contributed by atoms with Gasteiger partial charge in [-0.15, -0.1) is 0 Å². The number of nitrogens with zero attached hydrogens (tertiary/aromatic N) is 3. The number of benzene rings is 2. The molecule has 1 unspecified atom stereocenters. The van der Waals surface area contributed by atoms with Crippen molar-refractivity contribution < 1.29 is 23.8 Å². The number of fused-ring (bicyclic) bond motifs is 2. The second kappa shape index (κ2) is 15.1. The number of carboxylic acid groups (broad SMARTS) is 1. The van der Waals surface area contributed by atoms with Gasteiger partial charge < -0.3 is 19.5 Å². The van der Waals surface area contributed by atoms with Gasteiger partial charge >= 0.3 is 5.97 Å². The van der Waals surface area contributed by atoms with Crippen molar-refractivity contribution in [2.24, 2.45) is 0 Å². The molecule has 0 saturated carbocycles. The van der Waals surface area contributed by atoms with Crippen molar-refractivity contribution in [3.8, 4) is 11.1 Å². The number of piperidine rings is 1. The average molecular weight is 660 g/mol. The van der Waals surface area contributed by atoms with Crippen LogP contribution in [0.2, 0.25) is 0 Å². The van der Waals surface area contributed by atoms with E-state index < -0.39 is 17.7 Å². The SMILES string of the molecule is Cc1cc(CN2CCCCCCOC3(C)CCN(CC3)c3c(c(C)nc(C)c3C(OC(C)(C)C)C(=O)O)-c3ccc(cc3)C2)ccc1F. The maximum atomic E-state index is 14.0. The largest absolute Gasteiger partial charge is 0.479 e. The van der Waals surface area contributed by atoms with Gasteiger partial charge in [0.2, 0.25) is 0 Å². The lowest BCUT2D eigenvalue weighted by Gasteiger charge is -2.42. The van der Waals surface area contributed by atoms with Crippen LogP contribution in [-0.4, -0.2) is 58.4 Å². The maximum Gasteiger partial charge on any atom is 0.337 e. The second-order valence-corrected chi connectivity index (χ2v) is 15.1. The van der Waals surface area contributed by atoms with Gasteiger partial charge in [0.05, 0.1) is 16.9 Å². The van der Waals surface area contributed by atoms with E-state index >= 15 is 0 Å². The van der Waals surface area contributed by atoms with Gasteiger partial charge in [0, 0.05) is 55.3 Å². The number of aliphatic carboxylic acids is 1. The van der Waals surface area contributed by atoms with E-state index in [1.54, 1.807) is 6.07 Å². The molecule has 1 aromatic heterocycles. The van der Waals surface area contributed by atoms with Crippen LogP contribution in [-0.2, 0) is 27.4 Å². The number of halogens is 1. The minimum Gasteiger partial charge on any atom is -0.479 e. The molecule has 7 nitrogen and oxygen atoms in total. The molecule has 0 spiro atoms. The molecular weight excluding hydrogens is 605 g/mol. The molecule has 3 aromatic rings. The molecule has 0 aliphatic carbocycles. The molecule has 7 rings (SSSR count). The van der Waals surface area contributed by atoms with E-state index in [0.29, 0.717) is 16.8 Å². The summed E-state index contributed by atoms with van der Waals surface area (Å²) in [7, 11) is 0. The Bertz CT molecular complexity index is 1570. The number of carbonyl (C=O) groups is 1. The Labute approximate surface area is 286 Å². The summed E-state index contributed by atoms with van der Waals surface area (Å²) in [6.07, 6.45) is 4.90. The molecule has 5 heterocycles. The number of pyridine rings is 1. The summed E-state index contributed by atoms with van der Waals surface area (Å²) >= 11 is 0. The third-order valence-corrected chi connectivity index (χ3v) is 9.77. The van der Waals surface area contributed by atoms with E-state index in [4.69, 9.17) is 14.5 Å². The molecule has 0 radical (unpaired) electrons. The fraction of sp³-hybridized carbons (Fsp3) is 0.550. The van der Waals surface area contributed by atoms with Crippen molar-refractivity contribution in [3.63, 3.8) is 0 Å². The lowest BCUT2D eigenvalue weighted by Crippen LogP contribution is -2.45. The third-order valence-electron chi connectivity index (χ3n) is 9.77. The van der Waals surface area contributed by atoms with Gasteiger partial charge in [0.1, 0.15) is 5.82 Å². The van der Waals surface area contributed by atoms with Gasteiger partial charge in [0.15, 0.2) is 6.10 Å². The van der Waals surface area contributed by atoms with Crippen LogP contribution >= 0.6 is 0 Å². The van der Waals surface area contributed by atoms with E-state index in [1.807, 2.05) is 53.7 Å². The van der Waals surface area contributed by atoms with E-state index in [-0.39, 0.29) is 11.4 Å². The highest BCUT2D eigenvalue weighted by Crippen LogP contribution is 2.44. The Morgan fingerprint density at radius 3 is 2.33 bits per heavy atom. The summed E-state index contributed by atoms with van der Waals surface area (Å²) < 4.78 is 26.8. The predicted molar refractivity (Wildman–Crippen MR) is 190 cm³/mol. The summed E-state index contributed by atoms with van der Waals surface area (Å²) in [5.74, 6) is -1.19. The Kier molecular flexibility index (Phi) is 11.3. The number of anilines is 1. The zero-order chi connectivity index (χ0) is 34.6. The van der Waals surface area contributed by atoms with E-state index in [2.05, 4.69) is 41.0 Å². The quantitative estimate of drug-likeness (QED) is 0.294. The molecule has 0 amide bonds. The Hall–Kier alpha value is -3.33. The van der Waals surface area contributed by atoms with Crippen LogP contribution in [0.25, 0.3) is 11.1 Å². The van der Waals surface area contributed by atoms with Crippen molar-refractivity contribution in [1.82, 2.24) is 9.88 Å². The highest BCUT2D eigenvalue weighted by Gasteiger charge is 2.38. The van der Waals surface area contributed by atoms with Gasteiger partial charge in [-0.05, 0) is 109 Å². The lowest BCUT2D eigenvalue weighted by molar-refractivity contribution is -0.160. The van der Waals surface area contributed by atoms with E-state index in [9.17, 15) is 14.3 Å². The first-order valence-corrected chi connectivity index (χ1v) is 17.6. The van der Waals surface area contributed by atoms with Crippen molar-refractivity contribution in [3.05, 3.63) is 81.9 Å². The molecule has 2 aromatic carbocycles. The van der Waals surface area contributed by atoms with Crippen LogP contribution in [0.15, 0.2) is 42.5 Å². The van der Waals surface area contributed by atoms with Gasteiger partial charge in [-0.1, -0.05) is 49.2 Å². The fourth-order valence-corrected chi connectivity index (χ4v) is 7.19. The normalized spacial score (nSPS) is 18.5. The number of aryl methyl sites for hydroxylation is 3. The summed E-state index contributed by atoms with van der Waals surface area (Å²) in [5.41, 5.74) is 7.09. The highest BCUT2D eigenvalue weighted by molar-refractivity contribution is 5.88. The van der Waals surface area contributed by atoms with Crippen LogP contribution in [0.4, 0.5) is 10.1 Å². The average Bonchev–Trinajstić information content (AvgIpc) is 3.01. The first kappa shape index (κ1) is 36.0. The number of rotatable bonds is 5. The van der Waals surface area contributed by atoms with Gasteiger partial charge in [0.25, 0.3) is 0 Å². The Balaban J connectivity index is 1.58. The molecule has 1 N–H and O–H groups in total. The first-order chi connectivity index (χ1) is 22.7. The number of carboxylic acids is 1. The number of ether oxygens (including phenoxy) is 2. The number of hydrogen-bond acceptors (Lipinski definition) is 6. The third kappa shape index (κ3) is 8.82. The summed E-state index contributed by atoms with van der Waals surface area (Å²) in [5, 5.41) is 10.5. The van der Waals surface area contributed by atoms with Crippen molar-refractivity contribution in [2.75, 3.05) is 31.1 Å². The van der Waals surface area contributed by atoms with Gasteiger partial charge in [-0.3, -0.25) is 9.88 Å². The molecule has 260 valence electrons. The Morgan fingerprint density at radius 1 is 1.00 bits per heavy atom. The zero-order valence-corrected chi connectivity index (χ0v) is 30.0. The summed E-state index contributed by atoms with van der Waals surface area (Å²) in [6.45, 7) is 18.3. The fourth-order valence-electron chi connectivity index (χ4n) is 7.19. The van der Waals surface area contributed by atoms with Gasteiger partial charge in [-0.25, -0.2) is 9.18 Å². The second-order valence-electron chi connectivity index (χ2n) is 15.1. The molecular formula is C40H54FN3O4. The molecule has 8 heteroatoms. The van der Waals surface area contributed by atoms with Crippen molar-refractivity contribution >= 4 is 11.7 Å². The molecule has 4 aliphatic rings. The minimum absolute atomic E-state index is 0.172. The molecule has 1 fully saturated rings. The lowest BCUT2D eigenvalue weighted by atomic mass is 9.89. The summed E-state index contributed by atoms with van der Waals surface area (Å²) in [6, 6.07) is 14.1. The van der Waals surface area contributed by atoms with Crippen molar-refractivity contribution in [1.29, 1.82) is 0 Å². The first-order valence-electron chi connectivity index (χ1n) is 17.6. The zero-order valence-electron chi connectivity index (χ0n) is 30.0. The number of hydrogen-bond donors (Lipinski definition) is 1. The van der Waals surface area contributed by atoms with Crippen LogP contribution in [0.5, 0.6) is 0 Å². The van der Waals surface area contributed by atoms with E-state index in [0.717, 1.165) is 106 Å². The molecule has 48 heavy (non-hydrogen) atoms. The highest BCUT2D eigenvalue weighted by atomic mass is 19.1. The monoisotopic (exact) mass is 659 g/mol. The smallest absolute Gasteiger partial charge is 0.337 e. The Morgan fingerprint density at radius 2 is 1.69 bits per heavy atom. The van der Waals surface area contributed by atoms with Gasteiger partial charge in [-0.2, -0.15) is 0 Å². The molecule has 4 bridgehead atoms. The molecule has 1 saturated heterocycles. The molecule has 4 aliphatic heterocycles. The molecule has 1 atom stereocenters. The van der Waals surface area contributed by atoms with Crippen LogP contribution in [0.3, 0.4) is 0 Å². The summed E-state index contributed by atoms with van der Waals surface area (Å²) in [4.78, 5) is 22.6. The van der Waals surface area contributed by atoms with Crippen LogP contribution in [0.1, 0.15) is 106 Å². The van der Waals surface area contributed by atoms with Crippen molar-refractivity contribution in [2.45, 2.75) is 117 Å².